The molecule has 1 aromatic carbocycles. The van der Waals surface area contributed by atoms with E-state index in [1.54, 1.807) is 6.20 Å². The van der Waals surface area contributed by atoms with Crippen LogP contribution in [0.4, 0.5) is 0 Å². The number of sulfone groups is 1. The van der Waals surface area contributed by atoms with E-state index in [0.717, 1.165) is 17.0 Å². The van der Waals surface area contributed by atoms with Gasteiger partial charge in [-0.05, 0) is 24.6 Å². The summed E-state index contributed by atoms with van der Waals surface area (Å²) in [5, 5.41) is 3.32. The first kappa shape index (κ1) is 16.0. The Balaban J connectivity index is 1.59. The van der Waals surface area contributed by atoms with E-state index in [9.17, 15) is 8.42 Å². The first-order valence-corrected chi connectivity index (χ1v) is 9.49. The van der Waals surface area contributed by atoms with Gasteiger partial charge in [0.1, 0.15) is 12.4 Å². The zero-order valence-corrected chi connectivity index (χ0v) is 13.6. The van der Waals surface area contributed by atoms with Crippen LogP contribution in [0.5, 0.6) is 5.75 Å². The molecule has 1 unspecified atom stereocenters. The fourth-order valence-corrected chi connectivity index (χ4v) is 4.34. The number of aromatic nitrogens is 1. The summed E-state index contributed by atoms with van der Waals surface area (Å²) < 4.78 is 28.9. The van der Waals surface area contributed by atoms with Gasteiger partial charge in [-0.2, -0.15) is 0 Å². The van der Waals surface area contributed by atoms with Crippen LogP contribution in [0.3, 0.4) is 0 Å². The van der Waals surface area contributed by atoms with Crippen LogP contribution in [-0.2, 0) is 23.0 Å². The number of rotatable bonds is 6. The summed E-state index contributed by atoms with van der Waals surface area (Å²) in [4.78, 5) is 4.24. The van der Waals surface area contributed by atoms with Crippen molar-refractivity contribution in [1.29, 1.82) is 0 Å². The van der Waals surface area contributed by atoms with E-state index in [2.05, 4.69) is 10.3 Å². The fourth-order valence-electron chi connectivity index (χ4n) is 2.64. The van der Waals surface area contributed by atoms with Crippen molar-refractivity contribution in [2.75, 3.05) is 11.5 Å². The summed E-state index contributed by atoms with van der Waals surface area (Å²) in [5.74, 6) is 1.30. The highest BCUT2D eigenvalue weighted by Crippen LogP contribution is 2.20. The summed E-state index contributed by atoms with van der Waals surface area (Å²) in [6, 6.07) is 13.5. The number of ether oxygens (including phenoxy) is 1. The van der Waals surface area contributed by atoms with Crippen molar-refractivity contribution in [3.05, 3.63) is 59.9 Å². The molecule has 2 aromatic rings. The molecule has 23 heavy (non-hydrogen) atoms. The van der Waals surface area contributed by atoms with E-state index < -0.39 is 9.84 Å². The van der Waals surface area contributed by atoms with Gasteiger partial charge in [0.2, 0.25) is 0 Å². The smallest absolute Gasteiger partial charge is 0.151 e. The lowest BCUT2D eigenvalue weighted by atomic mass is 10.2. The molecule has 0 aliphatic carbocycles. The lowest BCUT2D eigenvalue weighted by molar-refractivity contribution is 0.297. The molecule has 5 nitrogen and oxygen atoms in total. The maximum Gasteiger partial charge on any atom is 0.151 e. The lowest BCUT2D eigenvalue weighted by Gasteiger charge is -2.14. The number of hydrogen-bond acceptors (Lipinski definition) is 5. The molecule has 1 aliphatic heterocycles. The average Bonchev–Trinajstić information content (AvgIpc) is 2.92. The number of benzene rings is 1. The third-order valence-electron chi connectivity index (χ3n) is 3.89. The molecule has 0 spiro atoms. The summed E-state index contributed by atoms with van der Waals surface area (Å²) in [7, 11) is -2.86. The maximum absolute atomic E-state index is 11.5. The number of nitrogens with one attached hydrogen (secondary N) is 1. The van der Waals surface area contributed by atoms with Crippen LogP contribution in [-0.4, -0.2) is 30.9 Å². The number of para-hydroxylation sites is 1. The molecule has 6 heteroatoms. The van der Waals surface area contributed by atoms with Gasteiger partial charge in [-0.25, -0.2) is 8.42 Å². The second kappa shape index (κ2) is 7.10. The molecule has 0 amide bonds. The van der Waals surface area contributed by atoms with Crippen LogP contribution in [0, 0.1) is 0 Å². The molecule has 1 saturated heterocycles. The van der Waals surface area contributed by atoms with Crippen LogP contribution >= 0.6 is 0 Å². The Morgan fingerprint density at radius 1 is 1.17 bits per heavy atom. The average molecular weight is 332 g/mol. The van der Waals surface area contributed by atoms with Crippen LogP contribution in [0.15, 0.2) is 48.7 Å². The number of nitrogens with zero attached hydrogens (tertiary/aromatic N) is 1. The highest BCUT2D eigenvalue weighted by Gasteiger charge is 2.27. The van der Waals surface area contributed by atoms with Crippen LogP contribution in [0.1, 0.15) is 17.7 Å². The predicted molar refractivity (Wildman–Crippen MR) is 88.9 cm³/mol. The summed E-state index contributed by atoms with van der Waals surface area (Å²) >= 11 is 0. The third kappa shape index (κ3) is 4.53. The van der Waals surface area contributed by atoms with Gasteiger partial charge >= 0.3 is 0 Å². The van der Waals surface area contributed by atoms with Crippen molar-refractivity contribution in [1.82, 2.24) is 10.3 Å². The van der Waals surface area contributed by atoms with E-state index in [-0.39, 0.29) is 17.5 Å². The SMILES string of the molecule is O=S1(=O)CCC(NCc2ccccc2OCc2ccccn2)C1. The topological polar surface area (TPSA) is 68.3 Å². The second-order valence-corrected chi connectivity index (χ2v) is 7.93. The van der Waals surface area contributed by atoms with Crippen molar-refractivity contribution in [2.24, 2.45) is 0 Å². The number of pyridine rings is 1. The molecule has 122 valence electrons. The largest absolute Gasteiger partial charge is 0.487 e. The van der Waals surface area contributed by atoms with Crippen molar-refractivity contribution < 1.29 is 13.2 Å². The Morgan fingerprint density at radius 3 is 2.74 bits per heavy atom. The zero-order valence-electron chi connectivity index (χ0n) is 12.8. The van der Waals surface area contributed by atoms with E-state index in [0.29, 0.717) is 19.6 Å². The first-order valence-electron chi connectivity index (χ1n) is 7.67. The zero-order chi connectivity index (χ0) is 16.1. The minimum absolute atomic E-state index is 0.0313. The van der Waals surface area contributed by atoms with Gasteiger partial charge in [-0.3, -0.25) is 4.98 Å². The summed E-state index contributed by atoms with van der Waals surface area (Å²) in [5.41, 5.74) is 1.89. The van der Waals surface area contributed by atoms with Crippen molar-refractivity contribution in [3.8, 4) is 5.75 Å². The molecule has 2 heterocycles. The summed E-state index contributed by atoms with van der Waals surface area (Å²) in [6.07, 6.45) is 2.42. The molecule has 1 aromatic heterocycles. The molecule has 1 N–H and O–H groups in total. The molecule has 1 fully saturated rings. The van der Waals surface area contributed by atoms with Crippen LogP contribution in [0.2, 0.25) is 0 Å². The van der Waals surface area contributed by atoms with Gasteiger partial charge in [-0.15, -0.1) is 0 Å². The van der Waals surface area contributed by atoms with Gasteiger partial charge in [0.25, 0.3) is 0 Å². The highest BCUT2D eigenvalue weighted by atomic mass is 32.2. The van der Waals surface area contributed by atoms with E-state index in [4.69, 9.17) is 4.74 Å². The van der Waals surface area contributed by atoms with Gasteiger partial charge in [0.15, 0.2) is 9.84 Å². The Labute approximate surface area is 136 Å². The van der Waals surface area contributed by atoms with Gasteiger partial charge < -0.3 is 10.1 Å². The van der Waals surface area contributed by atoms with Gasteiger partial charge in [-0.1, -0.05) is 24.3 Å². The van der Waals surface area contributed by atoms with Crippen LogP contribution < -0.4 is 10.1 Å². The minimum atomic E-state index is -2.86. The van der Waals surface area contributed by atoms with Crippen molar-refractivity contribution >= 4 is 9.84 Å². The lowest BCUT2D eigenvalue weighted by Crippen LogP contribution is -2.29. The maximum atomic E-state index is 11.5. The van der Waals surface area contributed by atoms with E-state index in [1.807, 2.05) is 42.5 Å². The molecule has 1 atom stereocenters. The van der Waals surface area contributed by atoms with Gasteiger partial charge in [0, 0.05) is 24.3 Å². The number of hydrogen-bond donors (Lipinski definition) is 1. The molecule has 0 bridgehead atoms. The third-order valence-corrected chi connectivity index (χ3v) is 5.66. The molecular formula is C17H20N2O3S. The van der Waals surface area contributed by atoms with Crippen molar-refractivity contribution in [2.45, 2.75) is 25.6 Å². The first-order chi connectivity index (χ1) is 11.1. The van der Waals surface area contributed by atoms with E-state index >= 15 is 0 Å². The molecule has 0 saturated carbocycles. The van der Waals surface area contributed by atoms with Crippen LogP contribution in [0.25, 0.3) is 0 Å². The molecule has 1 aliphatic rings. The van der Waals surface area contributed by atoms with Crippen molar-refractivity contribution in [3.63, 3.8) is 0 Å². The quantitative estimate of drug-likeness (QED) is 0.875. The van der Waals surface area contributed by atoms with Gasteiger partial charge in [0.05, 0.1) is 17.2 Å². The highest BCUT2D eigenvalue weighted by molar-refractivity contribution is 7.91. The Kier molecular flexibility index (Phi) is 4.93. The molecular weight excluding hydrogens is 312 g/mol. The monoisotopic (exact) mass is 332 g/mol. The Bertz CT molecular complexity index is 747. The summed E-state index contributed by atoms with van der Waals surface area (Å²) in [6.45, 7) is 1.01. The predicted octanol–water partition coefficient (Wildman–Crippen LogP) is 1.94. The fraction of sp³-hybridized carbons (Fsp3) is 0.353. The standard InChI is InChI=1S/C17H20N2O3S/c20-23(21)10-8-16(13-23)19-11-14-5-1-2-7-17(14)22-12-15-6-3-4-9-18-15/h1-7,9,16,19H,8,10-13H2. The molecule has 3 rings (SSSR count). The second-order valence-electron chi connectivity index (χ2n) is 5.70. The normalized spacial score (nSPS) is 19.6. The Morgan fingerprint density at radius 2 is 2.00 bits per heavy atom. The molecule has 0 radical (unpaired) electrons. The Hall–Kier alpha value is -1.92. The minimum Gasteiger partial charge on any atom is -0.487 e. The van der Waals surface area contributed by atoms with E-state index in [1.165, 1.54) is 0 Å².